The number of nitrogens with zero attached hydrogens (tertiary/aromatic N) is 2. The van der Waals surface area contributed by atoms with Crippen molar-refractivity contribution in [1.82, 2.24) is 9.80 Å². The Morgan fingerprint density at radius 1 is 1.26 bits per heavy atom. The number of piperidine rings is 1. The van der Waals surface area contributed by atoms with E-state index in [-0.39, 0.29) is 5.91 Å². The Hall–Kier alpha value is -1.85. The molecular weight excluding hydrogens is 356 g/mol. The number of hydrogen-bond acceptors (Lipinski definition) is 4. The highest BCUT2D eigenvalue weighted by molar-refractivity contribution is 7.08. The fourth-order valence-corrected chi connectivity index (χ4v) is 4.44. The summed E-state index contributed by atoms with van der Waals surface area (Å²) < 4.78 is 5.45. The van der Waals surface area contributed by atoms with Gasteiger partial charge in [0.05, 0.1) is 13.5 Å². The lowest BCUT2D eigenvalue weighted by atomic mass is 9.95. The third kappa shape index (κ3) is 5.81. The second-order valence-corrected chi connectivity index (χ2v) is 8.21. The summed E-state index contributed by atoms with van der Waals surface area (Å²) >= 11 is 1.65. The van der Waals surface area contributed by atoms with Gasteiger partial charge < -0.3 is 14.5 Å². The molecule has 0 saturated carbocycles. The number of benzene rings is 1. The molecule has 1 aromatic heterocycles. The molecule has 0 N–H and O–H groups in total. The highest BCUT2D eigenvalue weighted by Crippen LogP contribution is 2.21. The van der Waals surface area contributed by atoms with E-state index < -0.39 is 0 Å². The second-order valence-electron chi connectivity index (χ2n) is 7.43. The monoisotopic (exact) mass is 386 g/mol. The van der Waals surface area contributed by atoms with Gasteiger partial charge in [-0.2, -0.15) is 11.3 Å². The highest BCUT2D eigenvalue weighted by Gasteiger charge is 2.22. The van der Waals surface area contributed by atoms with Gasteiger partial charge in [-0.15, -0.1) is 0 Å². The third-order valence-electron chi connectivity index (χ3n) is 5.49. The molecule has 1 amide bonds. The molecule has 0 unspecified atom stereocenters. The van der Waals surface area contributed by atoms with Crippen molar-refractivity contribution >= 4 is 17.2 Å². The van der Waals surface area contributed by atoms with E-state index in [2.05, 4.69) is 22.4 Å². The minimum atomic E-state index is 0.229. The molecule has 0 aliphatic carbocycles. The lowest BCUT2D eigenvalue weighted by Gasteiger charge is -2.34. The Balaban J connectivity index is 1.39. The molecule has 1 fully saturated rings. The summed E-state index contributed by atoms with van der Waals surface area (Å²) in [6.45, 7) is 4.18. The minimum absolute atomic E-state index is 0.229. The first-order chi connectivity index (χ1) is 13.2. The van der Waals surface area contributed by atoms with E-state index in [1.54, 1.807) is 18.4 Å². The van der Waals surface area contributed by atoms with Gasteiger partial charge in [0.1, 0.15) is 5.75 Å². The van der Waals surface area contributed by atoms with Crippen LogP contribution in [0.25, 0.3) is 0 Å². The van der Waals surface area contributed by atoms with Crippen molar-refractivity contribution in [2.75, 3.05) is 40.3 Å². The Kier molecular flexibility index (Phi) is 7.30. The van der Waals surface area contributed by atoms with Crippen molar-refractivity contribution in [1.29, 1.82) is 0 Å². The van der Waals surface area contributed by atoms with Crippen LogP contribution in [0.5, 0.6) is 5.75 Å². The van der Waals surface area contributed by atoms with Gasteiger partial charge in [-0.3, -0.25) is 4.79 Å². The Morgan fingerprint density at radius 2 is 2.04 bits per heavy atom. The predicted octanol–water partition coefficient (Wildman–Crippen LogP) is 3.71. The van der Waals surface area contributed by atoms with Crippen molar-refractivity contribution in [3.05, 3.63) is 52.2 Å². The van der Waals surface area contributed by atoms with Crippen LogP contribution < -0.4 is 4.74 Å². The van der Waals surface area contributed by atoms with E-state index in [0.717, 1.165) is 43.9 Å². The van der Waals surface area contributed by atoms with Crippen LogP contribution in [0, 0.1) is 5.92 Å². The zero-order chi connectivity index (χ0) is 19.1. The molecule has 0 bridgehead atoms. The number of para-hydroxylation sites is 1. The molecule has 1 aromatic carbocycles. The number of likely N-dealkylation sites (tertiary alicyclic amines) is 1. The van der Waals surface area contributed by atoms with Crippen molar-refractivity contribution in [2.45, 2.75) is 25.7 Å². The minimum Gasteiger partial charge on any atom is -0.496 e. The van der Waals surface area contributed by atoms with Gasteiger partial charge in [-0.1, -0.05) is 18.2 Å². The molecule has 146 valence electrons. The fourth-order valence-electron chi connectivity index (χ4n) is 3.77. The molecule has 0 atom stereocenters. The smallest absolute Gasteiger partial charge is 0.226 e. The number of thiophene rings is 1. The van der Waals surface area contributed by atoms with E-state index in [9.17, 15) is 4.79 Å². The highest BCUT2D eigenvalue weighted by atomic mass is 32.1. The average molecular weight is 387 g/mol. The summed E-state index contributed by atoms with van der Waals surface area (Å²) in [5.41, 5.74) is 2.41. The molecule has 0 radical (unpaired) electrons. The number of ether oxygens (including phenoxy) is 1. The van der Waals surface area contributed by atoms with Crippen molar-refractivity contribution in [2.24, 2.45) is 5.92 Å². The number of methoxy groups -OCH3 is 1. The maximum atomic E-state index is 12.4. The van der Waals surface area contributed by atoms with Gasteiger partial charge >= 0.3 is 0 Å². The van der Waals surface area contributed by atoms with Gasteiger partial charge in [0, 0.05) is 20.1 Å². The molecule has 1 aliphatic heterocycles. The van der Waals surface area contributed by atoms with Crippen LogP contribution in [0.3, 0.4) is 0 Å². The van der Waals surface area contributed by atoms with Gasteiger partial charge in [0.2, 0.25) is 5.91 Å². The largest absolute Gasteiger partial charge is 0.496 e. The van der Waals surface area contributed by atoms with Gasteiger partial charge in [-0.05, 0) is 72.3 Å². The third-order valence-corrected chi connectivity index (χ3v) is 6.22. The number of rotatable bonds is 8. The first-order valence-corrected chi connectivity index (χ1v) is 10.7. The number of likely N-dealkylation sites (N-methyl/N-ethyl adjacent to an activating group) is 1. The number of carbonyl (C=O) groups is 1. The number of hydrogen-bond donors (Lipinski definition) is 0. The van der Waals surface area contributed by atoms with Crippen molar-refractivity contribution in [3.63, 3.8) is 0 Å². The van der Waals surface area contributed by atoms with Gasteiger partial charge in [0.25, 0.3) is 0 Å². The van der Waals surface area contributed by atoms with Crippen LogP contribution in [0.1, 0.15) is 24.0 Å². The summed E-state index contributed by atoms with van der Waals surface area (Å²) in [5.74, 6) is 1.83. The Labute approximate surface area is 166 Å². The summed E-state index contributed by atoms with van der Waals surface area (Å²) in [6.07, 6.45) is 3.88. The SMILES string of the molecule is COc1ccccc1CCN1CCC(CN(C)C(=O)Cc2ccsc2)CC1. The summed E-state index contributed by atoms with van der Waals surface area (Å²) in [7, 11) is 3.68. The zero-order valence-electron chi connectivity index (χ0n) is 16.4. The predicted molar refractivity (Wildman–Crippen MR) is 112 cm³/mol. The Morgan fingerprint density at radius 3 is 2.74 bits per heavy atom. The standard InChI is InChI=1S/C22H30N2O2S/c1-23(22(25)15-19-10-14-27-17-19)16-18-7-11-24(12-8-18)13-9-20-5-3-4-6-21(20)26-2/h3-6,10,14,17-18H,7-9,11-13,15-16H2,1-2H3. The normalized spacial score (nSPS) is 15.6. The van der Waals surface area contributed by atoms with Crippen LogP contribution in [-0.2, 0) is 17.6 Å². The van der Waals surface area contributed by atoms with Crippen LogP contribution in [0.4, 0.5) is 0 Å². The Bertz CT molecular complexity index is 709. The molecule has 3 rings (SSSR count). The van der Waals surface area contributed by atoms with E-state index in [1.165, 1.54) is 18.4 Å². The first kappa shape index (κ1) is 19.9. The lowest BCUT2D eigenvalue weighted by Crippen LogP contribution is -2.40. The van der Waals surface area contributed by atoms with Crippen molar-refractivity contribution in [3.8, 4) is 5.75 Å². The van der Waals surface area contributed by atoms with Crippen LogP contribution in [-0.4, -0.2) is 56.0 Å². The summed E-state index contributed by atoms with van der Waals surface area (Å²) in [4.78, 5) is 16.8. The second kappa shape index (κ2) is 9.90. The zero-order valence-corrected chi connectivity index (χ0v) is 17.2. The summed E-state index contributed by atoms with van der Waals surface area (Å²) in [5, 5.41) is 4.09. The molecule has 4 nitrogen and oxygen atoms in total. The molecular formula is C22H30N2O2S. The summed E-state index contributed by atoms with van der Waals surface area (Å²) in [6, 6.07) is 10.3. The van der Waals surface area contributed by atoms with Gasteiger partial charge in [0.15, 0.2) is 0 Å². The number of amides is 1. The molecule has 27 heavy (non-hydrogen) atoms. The molecule has 1 saturated heterocycles. The van der Waals surface area contributed by atoms with Crippen LogP contribution in [0.15, 0.2) is 41.1 Å². The first-order valence-electron chi connectivity index (χ1n) is 9.75. The molecule has 0 spiro atoms. The van der Waals surface area contributed by atoms with E-state index in [4.69, 9.17) is 4.74 Å². The van der Waals surface area contributed by atoms with E-state index in [1.807, 2.05) is 35.5 Å². The average Bonchev–Trinajstić information content (AvgIpc) is 3.20. The lowest BCUT2D eigenvalue weighted by molar-refractivity contribution is -0.129. The van der Waals surface area contributed by atoms with Crippen LogP contribution >= 0.6 is 11.3 Å². The molecule has 5 heteroatoms. The van der Waals surface area contributed by atoms with Crippen molar-refractivity contribution < 1.29 is 9.53 Å². The maximum absolute atomic E-state index is 12.4. The fraction of sp³-hybridized carbons (Fsp3) is 0.500. The van der Waals surface area contributed by atoms with E-state index >= 15 is 0 Å². The van der Waals surface area contributed by atoms with E-state index in [0.29, 0.717) is 12.3 Å². The number of carbonyl (C=O) groups excluding carboxylic acids is 1. The van der Waals surface area contributed by atoms with Crippen LogP contribution in [0.2, 0.25) is 0 Å². The topological polar surface area (TPSA) is 32.8 Å². The molecule has 1 aliphatic rings. The van der Waals surface area contributed by atoms with Gasteiger partial charge in [-0.25, -0.2) is 0 Å². The quantitative estimate of drug-likeness (QED) is 0.693. The maximum Gasteiger partial charge on any atom is 0.226 e. The molecule has 2 heterocycles. The molecule has 2 aromatic rings.